The zero-order valence-electron chi connectivity index (χ0n) is 16.4. The summed E-state index contributed by atoms with van der Waals surface area (Å²) in [6.45, 7) is 10.4. The molecule has 146 valence electrons. The Hall–Kier alpha value is -1.46. The summed E-state index contributed by atoms with van der Waals surface area (Å²) in [5, 5.41) is 7.51. The Kier molecular flexibility index (Phi) is 9.06. The molecule has 1 aliphatic heterocycles. The molecule has 1 aromatic carbocycles. The van der Waals surface area contributed by atoms with Crippen LogP contribution < -0.4 is 15.4 Å². The van der Waals surface area contributed by atoms with Gasteiger partial charge in [-0.05, 0) is 62.9 Å². The number of nitrogens with zero attached hydrogens (tertiary/aromatic N) is 2. The average Bonchev–Trinajstić information content (AvgIpc) is 2.67. The van der Waals surface area contributed by atoms with Crippen molar-refractivity contribution < 1.29 is 4.74 Å². The Morgan fingerprint density at radius 3 is 2.88 bits per heavy atom. The molecule has 2 N–H and O–H groups in total. The summed E-state index contributed by atoms with van der Waals surface area (Å²) in [5.41, 5.74) is 1.11. The molecule has 0 bridgehead atoms. The SMILES string of the molecule is CCNC(=NCC1CCCN(CC)C1)NCCc1ccc(OC)cc1Cl. The minimum absolute atomic E-state index is 0.662. The Morgan fingerprint density at radius 1 is 1.35 bits per heavy atom. The van der Waals surface area contributed by atoms with E-state index in [4.69, 9.17) is 21.3 Å². The third kappa shape index (κ3) is 6.69. The van der Waals surface area contributed by atoms with E-state index in [1.807, 2.05) is 18.2 Å². The predicted octanol–water partition coefficient (Wildman–Crippen LogP) is 3.18. The van der Waals surface area contributed by atoms with Crippen LogP contribution in [0.5, 0.6) is 5.75 Å². The number of aliphatic imine (C=N–C) groups is 1. The highest BCUT2D eigenvalue weighted by atomic mass is 35.5. The Balaban J connectivity index is 1.83. The van der Waals surface area contributed by atoms with E-state index in [2.05, 4.69) is 29.4 Å². The number of hydrogen-bond donors (Lipinski definition) is 2. The lowest BCUT2D eigenvalue weighted by Crippen LogP contribution is -2.40. The van der Waals surface area contributed by atoms with Crippen LogP contribution in [0.1, 0.15) is 32.3 Å². The van der Waals surface area contributed by atoms with Crippen molar-refractivity contribution in [2.45, 2.75) is 33.1 Å². The van der Waals surface area contributed by atoms with Crippen LogP contribution in [0.2, 0.25) is 5.02 Å². The van der Waals surface area contributed by atoms with E-state index in [0.29, 0.717) is 5.92 Å². The lowest BCUT2D eigenvalue weighted by molar-refractivity contribution is 0.186. The number of hydrogen-bond acceptors (Lipinski definition) is 3. The molecule has 1 aliphatic rings. The zero-order valence-corrected chi connectivity index (χ0v) is 17.1. The van der Waals surface area contributed by atoms with Gasteiger partial charge in [-0.3, -0.25) is 4.99 Å². The first kappa shape index (κ1) is 20.8. The number of halogens is 1. The first-order valence-corrected chi connectivity index (χ1v) is 10.1. The van der Waals surface area contributed by atoms with Gasteiger partial charge in [0.05, 0.1) is 7.11 Å². The average molecular weight is 381 g/mol. The highest BCUT2D eigenvalue weighted by Crippen LogP contribution is 2.22. The molecule has 0 saturated carbocycles. The van der Waals surface area contributed by atoms with Gasteiger partial charge in [0.25, 0.3) is 0 Å². The van der Waals surface area contributed by atoms with E-state index in [-0.39, 0.29) is 0 Å². The molecule has 1 atom stereocenters. The molecule has 0 radical (unpaired) electrons. The first-order chi connectivity index (χ1) is 12.7. The Morgan fingerprint density at radius 2 is 2.19 bits per heavy atom. The molecule has 26 heavy (non-hydrogen) atoms. The molecule has 1 unspecified atom stereocenters. The number of guanidine groups is 1. The van der Waals surface area contributed by atoms with Gasteiger partial charge in [-0.25, -0.2) is 0 Å². The molecule has 1 heterocycles. The fourth-order valence-electron chi connectivity index (χ4n) is 3.32. The molecule has 0 amide bonds. The van der Waals surface area contributed by atoms with Crippen LogP contribution in [0.4, 0.5) is 0 Å². The van der Waals surface area contributed by atoms with Gasteiger partial charge in [0.15, 0.2) is 5.96 Å². The fraction of sp³-hybridized carbons (Fsp3) is 0.650. The predicted molar refractivity (Wildman–Crippen MR) is 111 cm³/mol. The molecular weight excluding hydrogens is 348 g/mol. The fourth-order valence-corrected chi connectivity index (χ4v) is 3.59. The molecule has 0 aromatic heterocycles. The Bertz CT molecular complexity index is 579. The number of nitrogens with one attached hydrogen (secondary N) is 2. The maximum Gasteiger partial charge on any atom is 0.191 e. The standard InChI is InChI=1S/C20H33ClN4O/c1-4-22-20(24-14-16-7-6-12-25(5-2)15-16)23-11-10-17-8-9-18(26-3)13-19(17)21/h8-9,13,16H,4-7,10-12,14-15H2,1-3H3,(H2,22,23,24). The van der Waals surface area contributed by atoms with Gasteiger partial charge >= 0.3 is 0 Å². The van der Waals surface area contributed by atoms with E-state index in [1.54, 1.807) is 7.11 Å². The first-order valence-electron chi connectivity index (χ1n) is 9.73. The summed E-state index contributed by atoms with van der Waals surface area (Å²) in [5.74, 6) is 2.34. The van der Waals surface area contributed by atoms with E-state index in [1.165, 1.54) is 25.9 Å². The van der Waals surface area contributed by atoms with Crippen molar-refractivity contribution in [2.75, 3.05) is 46.4 Å². The molecule has 1 saturated heterocycles. The van der Waals surface area contributed by atoms with Gasteiger partial charge < -0.3 is 20.3 Å². The second kappa shape index (κ2) is 11.3. The van der Waals surface area contributed by atoms with Crippen molar-refractivity contribution >= 4 is 17.6 Å². The molecule has 1 aromatic rings. The highest BCUT2D eigenvalue weighted by Gasteiger charge is 2.18. The molecule has 6 heteroatoms. The number of likely N-dealkylation sites (tertiary alicyclic amines) is 1. The van der Waals surface area contributed by atoms with Gasteiger partial charge in [0.2, 0.25) is 0 Å². The summed E-state index contributed by atoms with van der Waals surface area (Å²) in [7, 11) is 1.65. The van der Waals surface area contributed by atoms with Crippen molar-refractivity contribution in [3.8, 4) is 5.75 Å². The van der Waals surface area contributed by atoms with Gasteiger partial charge in [0.1, 0.15) is 5.75 Å². The Labute approximate surface area is 163 Å². The van der Waals surface area contributed by atoms with Crippen LogP contribution in [0.25, 0.3) is 0 Å². The van der Waals surface area contributed by atoms with E-state index >= 15 is 0 Å². The van der Waals surface area contributed by atoms with Crippen LogP contribution in [-0.2, 0) is 6.42 Å². The molecule has 0 spiro atoms. The largest absolute Gasteiger partial charge is 0.497 e. The summed E-state index contributed by atoms with van der Waals surface area (Å²) < 4.78 is 5.20. The van der Waals surface area contributed by atoms with Crippen LogP contribution in [0, 0.1) is 5.92 Å². The van der Waals surface area contributed by atoms with Crippen molar-refractivity contribution in [3.63, 3.8) is 0 Å². The van der Waals surface area contributed by atoms with Crippen LogP contribution in [0.15, 0.2) is 23.2 Å². The van der Waals surface area contributed by atoms with E-state index in [0.717, 1.165) is 54.9 Å². The van der Waals surface area contributed by atoms with Crippen molar-refractivity contribution in [2.24, 2.45) is 10.9 Å². The van der Waals surface area contributed by atoms with Crippen LogP contribution >= 0.6 is 11.6 Å². The smallest absolute Gasteiger partial charge is 0.191 e. The molecule has 2 rings (SSSR count). The molecule has 0 aliphatic carbocycles. The number of rotatable bonds is 8. The highest BCUT2D eigenvalue weighted by molar-refractivity contribution is 6.31. The van der Waals surface area contributed by atoms with Crippen LogP contribution in [-0.4, -0.2) is 57.2 Å². The summed E-state index contributed by atoms with van der Waals surface area (Å²) in [6.07, 6.45) is 3.41. The summed E-state index contributed by atoms with van der Waals surface area (Å²) in [6, 6.07) is 5.83. The maximum absolute atomic E-state index is 6.32. The van der Waals surface area contributed by atoms with Gasteiger partial charge in [-0.2, -0.15) is 0 Å². The van der Waals surface area contributed by atoms with Gasteiger partial charge in [-0.15, -0.1) is 0 Å². The van der Waals surface area contributed by atoms with Crippen molar-refractivity contribution in [1.82, 2.24) is 15.5 Å². The number of piperidine rings is 1. The molecular formula is C20H33ClN4O. The minimum atomic E-state index is 0.662. The monoisotopic (exact) mass is 380 g/mol. The maximum atomic E-state index is 6.32. The second-order valence-corrected chi connectivity index (χ2v) is 7.16. The third-order valence-corrected chi connectivity index (χ3v) is 5.20. The normalized spacial score (nSPS) is 18.6. The zero-order chi connectivity index (χ0) is 18.8. The summed E-state index contributed by atoms with van der Waals surface area (Å²) in [4.78, 5) is 7.33. The number of methoxy groups -OCH3 is 1. The van der Waals surface area contributed by atoms with E-state index in [9.17, 15) is 0 Å². The summed E-state index contributed by atoms with van der Waals surface area (Å²) >= 11 is 6.32. The van der Waals surface area contributed by atoms with Gasteiger partial charge in [-0.1, -0.05) is 24.6 Å². The van der Waals surface area contributed by atoms with Crippen molar-refractivity contribution in [3.05, 3.63) is 28.8 Å². The quantitative estimate of drug-likeness (QED) is 0.537. The number of benzene rings is 1. The third-order valence-electron chi connectivity index (χ3n) is 4.85. The molecule has 5 nitrogen and oxygen atoms in total. The van der Waals surface area contributed by atoms with Gasteiger partial charge in [0, 0.05) is 31.2 Å². The topological polar surface area (TPSA) is 48.9 Å². The van der Waals surface area contributed by atoms with Crippen molar-refractivity contribution in [1.29, 1.82) is 0 Å². The number of ether oxygens (including phenoxy) is 1. The molecule has 1 fully saturated rings. The lowest BCUT2D eigenvalue weighted by Gasteiger charge is -2.31. The minimum Gasteiger partial charge on any atom is -0.497 e. The second-order valence-electron chi connectivity index (χ2n) is 6.76. The van der Waals surface area contributed by atoms with Crippen LogP contribution in [0.3, 0.4) is 0 Å². The lowest BCUT2D eigenvalue weighted by atomic mass is 9.98. The van der Waals surface area contributed by atoms with E-state index < -0.39 is 0 Å².